The maximum atomic E-state index is 13.1. The summed E-state index contributed by atoms with van der Waals surface area (Å²) < 4.78 is 29.3. The van der Waals surface area contributed by atoms with Crippen LogP contribution in [-0.2, 0) is 26.1 Å². The molecule has 0 saturated carbocycles. The number of nitrogens with one attached hydrogen (secondary N) is 3. The Bertz CT molecular complexity index is 1420. The van der Waals surface area contributed by atoms with Crippen LogP contribution in [0.5, 0.6) is 0 Å². The second kappa shape index (κ2) is 10.6. The molecule has 2 aromatic carbocycles. The van der Waals surface area contributed by atoms with E-state index in [2.05, 4.69) is 36.1 Å². The summed E-state index contributed by atoms with van der Waals surface area (Å²) >= 11 is 3.38. The van der Waals surface area contributed by atoms with Crippen molar-refractivity contribution in [3.63, 3.8) is 0 Å². The summed E-state index contributed by atoms with van der Waals surface area (Å²) in [5, 5.41) is 7.48. The Balaban J connectivity index is 1.81. The smallest absolute Gasteiger partial charge is 0.272 e. The fourth-order valence-corrected chi connectivity index (χ4v) is 4.67. The number of fused-ring (bicyclic) bond motifs is 1. The molecule has 0 fully saturated rings. The molecular weight excluding hydrogens is 528 g/mol. The summed E-state index contributed by atoms with van der Waals surface area (Å²) in [6.07, 6.45) is -0.239. The molecule has 0 aliphatic rings. The summed E-state index contributed by atoms with van der Waals surface area (Å²) in [7, 11) is -4.11. The number of sulfonamides is 1. The van der Waals surface area contributed by atoms with Crippen molar-refractivity contribution in [1.29, 1.82) is 0 Å². The Morgan fingerprint density at radius 2 is 1.85 bits per heavy atom. The highest BCUT2D eigenvalue weighted by Crippen LogP contribution is 2.24. The largest absolute Gasteiger partial charge is 0.391 e. The van der Waals surface area contributed by atoms with E-state index < -0.39 is 21.5 Å². The highest BCUT2D eigenvalue weighted by molar-refractivity contribution is 9.10. The molecule has 0 bridgehead atoms. The summed E-state index contributed by atoms with van der Waals surface area (Å²) in [6.45, 7) is 1.76. The highest BCUT2D eigenvalue weighted by Gasteiger charge is 2.20. The Morgan fingerprint density at radius 1 is 1.15 bits per heavy atom. The summed E-state index contributed by atoms with van der Waals surface area (Å²) in [5.41, 5.74) is 10.1. The molecule has 13 heteroatoms. The van der Waals surface area contributed by atoms with Gasteiger partial charge in [-0.15, -0.1) is 0 Å². The number of carbonyl (C=O) groups is 1. The van der Waals surface area contributed by atoms with Crippen molar-refractivity contribution in [1.82, 2.24) is 10.3 Å². The van der Waals surface area contributed by atoms with Gasteiger partial charge in [0.05, 0.1) is 17.9 Å². The number of oxime groups is 1. The number of aromatic nitrogens is 1. The van der Waals surface area contributed by atoms with Gasteiger partial charge in [0, 0.05) is 10.2 Å². The maximum Gasteiger partial charge on any atom is 0.272 e. The average molecular weight is 551 g/mol. The summed E-state index contributed by atoms with van der Waals surface area (Å²) in [4.78, 5) is 32.3. The first-order valence-corrected chi connectivity index (χ1v) is 12.3. The first kappa shape index (κ1) is 25.1. The lowest BCUT2D eigenvalue weighted by molar-refractivity contribution is -0.120. The van der Waals surface area contributed by atoms with Crippen molar-refractivity contribution in [2.24, 2.45) is 16.6 Å². The van der Waals surface area contributed by atoms with Crippen LogP contribution < -0.4 is 27.1 Å². The van der Waals surface area contributed by atoms with Gasteiger partial charge in [-0.05, 0) is 58.7 Å². The van der Waals surface area contributed by atoms with E-state index in [1.54, 1.807) is 25.1 Å². The first-order chi connectivity index (χ1) is 16.0. The van der Waals surface area contributed by atoms with Crippen molar-refractivity contribution in [3.05, 3.63) is 68.5 Å². The molecule has 0 saturated heterocycles. The predicted octanol–water partition coefficient (Wildman–Crippen LogP) is 1.26. The van der Waals surface area contributed by atoms with E-state index in [0.717, 1.165) is 9.86 Å². The number of rotatable bonds is 9. The van der Waals surface area contributed by atoms with E-state index >= 15 is 0 Å². The van der Waals surface area contributed by atoms with E-state index in [1.165, 1.54) is 18.2 Å². The number of hydrogen-bond donors (Lipinski definition) is 5. The van der Waals surface area contributed by atoms with Gasteiger partial charge in [-0.2, -0.15) is 0 Å². The number of halogens is 1. The lowest BCUT2D eigenvalue weighted by Crippen LogP contribution is -2.30. The number of aryl methyl sites for hydroxylation is 1. The van der Waals surface area contributed by atoms with Crippen LogP contribution in [0.3, 0.4) is 0 Å². The van der Waals surface area contributed by atoms with Gasteiger partial charge in [0.2, 0.25) is 11.9 Å². The molecule has 1 amide bonds. The number of aromatic amines is 1. The SMILES string of the molecule is Cc1cc(CC(=O)NCCON=C(N)N)c(NS(=O)(=O)c2ccc3cc(Br)ccc3c2)c(=O)[nH]1. The van der Waals surface area contributed by atoms with Gasteiger partial charge in [-0.3, -0.25) is 14.3 Å². The molecule has 0 radical (unpaired) electrons. The van der Waals surface area contributed by atoms with Crippen LogP contribution in [0.15, 0.2) is 61.8 Å². The zero-order chi connectivity index (χ0) is 24.9. The van der Waals surface area contributed by atoms with Crippen molar-refractivity contribution in [2.75, 3.05) is 17.9 Å². The van der Waals surface area contributed by atoms with E-state index in [0.29, 0.717) is 11.1 Å². The summed E-state index contributed by atoms with van der Waals surface area (Å²) in [5.74, 6) is -0.698. The molecule has 0 aliphatic heterocycles. The minimum atomic E-state index is -4.11. The fourth-order valence-electron chi connectivity index (χ4n) is 3.16. The second-order valence-corrected chi connectivity index (χ2v) is 9.91. The molecule has 7 N–H and O–H groups in total. The Kier molecular flexibility index (Phi) is 7.79. The Morgan fingerprint density at radius 3 is 2.59 bits per heavy atom. The van der Waals surface area contributed by atoms with E-state index in [1.807, 2.05) is 6.07 Å². The number of benzene rings is 2. The second-order valence-electron chi connectivity index (χ2n) is 7.32. The number of hydrogen-bond acceptors (Lipinski definition) is 6. The number of pyridine rings is 1. The molecule has 1 aromatic heterocycles. The average Bonchev–Trinajstić information content (AvgIpc) is 2.75. The van der Waals surface area contributed by atoms with Gasteiger partial charge in [0.25, 0.3) is 15.6 Å². The first-order valence-electron chi connectivity index (χ1n) is 9.98. The van der Waals surface area contributed by atoms with E-state index in [9.17, 15) is 18.0 Å². The van der Waals surface area contributed by atoms with Crippen molar-refractivity contribution >= 4 is 54.3 Å². The molecule has 0 aliphatic carbocycles. The molecule has 3 rings (SSSR count). The molecule has 0 atom stereocenters. The summed E-state index contributed by atoms with van der Waals surface area (Å²) in [6, 6.07) is 11.6. The maximum absolute atomic E-state index is 13.1. The highest BCUT2D eigenvalue weighted by atomic mass is 79.9. The number of carbonyl (C=O) groups excluding carboxylic acids is 1. The molecule has 34 heavy (non-hydrogen) atoms. The van der Waals surface area contributed by atoms with Gasteiger partial charge < -0.3 is 26.6 Å². The molecule has 1 heterocycles. The van der Waals surface area contributed by atoms with Gasteiger partial charge >= 0.3 is 0 Å². The van der Waals surface area contributed by atoms with Crippen molar-refractivity contribution < 1.29 is 18.0 Å². The minimum absolute atomic E-state index is 0.0189. The van der Waals surface area contributed by atoms with E-state index in [4.69, 9.17) is 16.3 Å². The standard InChI is InChI=1S/C21H23BrN6O5S/c1-12-8-15(11-18(29)25-6-7-33-27-21(23)24)19(20(30)26-12)28-34(31,32)17-5-3-13-9-16(22)4-2-14(13)10-17/h2-5,8-10,28H,6-7,11H2,1H3,(H,25,29)(H,26,30)(H4,23,24,27). The molecule has 11 nitrogen and oxygen atoms in total. The molecule has 3 aromatic rings. The Labute approximate surface area is 203 Å². The topological polar surface area (TPSA) is 182 Å². The van der Waals surface area contributed by atoms with Crippen molar-refractivity contribution in [3.8, 4) is 0 Å². The van der Waals surface area contributed by atoms with Crippen molar-refractivity contribution in [2.45, 2.75) is 18.2 Å². The quantitative estimate of drug-likeness (QED) is 0.115. The van der Waals surface area contributed by atoms with Gasteiger partial charge in [0.15, 0.2) is 0 Å². The number of guanidine groups is 1. The van der Waals surface area contributed by atoms with Gasteiger partial charge in [0.1, 0.15) is 12.3 Å². The number of anilines is 1. The number of H-pyrrole nitrogens is 1. The predicted molar refractivity (Wildman–Crippen MR) is 133 cm³/mol. The number of amides is 1. The molecular formula is C21H23BrN6O5S. The lowest BCUT2D eigenvalue weighted by Gasteiger charge is -2.13. The van der Waals surface area contributed by atoms with Crippen LogP contribution in [-0.4, -0.2) is 38.4 Å². The van der Waals surface area contributed by atoms with Crippen LogP contribution in [0.25, 0.3) is 10.8 Å². The van der Waals surface area contributed by atoms with Gasteiger partial charge in [-0.25, -0.2) is 8.42 Å². The minimum Gasteiger partial charge on any atom is -0.391 e. The fraction of sp³-hybridized carbons (Fsp3) is 0.190. The van der Waals surface area contributed by atoms with Crippen LogP contribution in [0.2, 0.25) is 0 Å². The zero-order valence-corrected chi connectivity index (χ0v) is 20.5. The third kappa shape index (κ3) is 6.48. The normalized spacial score (nSPS) is 11.1. The molecule has 0 unspecified atom stereocenters. The van der Waals surface area contributed by atoms with E-state index in [-0.39, 0.29) is 41.7 Å². The number of nitrogens with zero attached hydrogens (tertiary/aromatic N) is 1. The lowest BCUT2D eigenvalue weighted by atomic mass is 10.1. The molecule has 180 valence electrons. The van der Waals surface area contributed by atoms with Crippen LogP contribution in [0, 0.1) is 6.92 Å². The monoisotopic (exact) mass is 550 g/mol. The zero-order valence-electron chi connectivity index (χ0n) is 18.1. The van der Waals surface area contributed by atoms with Gasteiger partial charge in [-0.1, -0.05) is 28.1 Å². The Hall–Kier alpha value is -3.58. The third-order valence-corrected chi connectivity index (χ3v) is 6.45. The van der Waals surface area contributed by atoms with Crippen LogP contribution >= 0.6 is 15.9 Å². The number of nitrogens with two attached hydrogens (primary N) is 2. The van der Waals surface area contributed by atoms with Crippen LogP contribution in [0.1, 0.15) is 11.3 Å². The van der Waals surface area contributed by atoms with Crippen LogP contribution in [0.4, 0.5) is 5.69 Å². The molecule has 0 spiro atoms. The third-order valence-electron chi connectivity index (χ3n) is 4.61.